The molecule has 0 radical (unpaired) electrons. The number of hydrogen-bond acceptors (Lipinski definition) is 2. The predicted octanol–water partition coefficient (Wildman–Crippen LogP) is 3.25. The smallest absolute Gasteiger partial charge is 0.0849 e. The Bertz CT molecular complexity index is 338. The van der Waals surface area contributed by atoms with Crippen molar-refractivity contribution in [1.82, 2.24) is 4.98 Å². The zero-order valence-electron chi connectivity index (χ0n) is 8.55. The number of anilines is 1. The molecule has 1 aromatic rings. The van der Waals surface area contributed by atoms with Gasteiger partial charge in [-0.3, -0.25) is 4.98 Å². The first-order valence-electron chi connectivity index (χ1n) is 5.06. The fourth-order valence-electron chi connectivity index (χ4n) is 1.74. The summed E-state index contributed by atoms with van der Waals surface area (Å²) < 4.78 is 0. The summed E-state index contributed by atoms with van der Waals surface area (Å²) in [4.78, 5) is 4.14. The van der Waals surface area contributed by atoms with E-state index in [1.807, 2.05) is 13.0 Å². The van der Waals surface area contributed by atoms with Crippen LogP contribution in [-0.4, -0.2) is 11.0 Å². The summed E-state index contributed by atoms with van der Waals surface area (Å²) in [5.41, 5.74) is 1.92. The Morgan fingerprint density at radius 3 is 2.86 bits per heavy atom. The van der Waals surface area contributed by atoms with Gasteiger partial charge in [0.2, 0.25) is 0 Å². The van der Waals surface area contributed by atoms with Crippen molar-refractivity contribution in [3.8, 4) is 0 Å². The zero-order chi connectivity index (χ0) is 10.1. The van der Waals surface area contributed by atoms with Gasteiger partial charge < -0.3 is 5.32 Å². The normalized spacial score (nSPS) is 25.6. The van der Waals surface area contributed by atoms with Gasteiger partial charge in [-0.2, -0.15) is 0 Å². The average Bonchev–Trinajstić information content (AvgIpc) is 2.18. The van der Waals surface area contributed by atoms with Gasteiger partial charge >= 0.3 is 0 Å². The van der Waals surface area contributed by atoms with Gasteiger partial charge in [0.25, 0.3) is 0 Å². The summed E-state index contributed by atoms with van der Waals surface area (Å²) in [6, 6.07) is 2.54. The second kappa shape index (κ2) is 3.77. The molecule has 1 fully saturated rings. The zero-order valence-corrected chi connectivity index (χ0v) is 9.30. The molecule has 2 nitrogen and oxygen atoms in total. The second-order valence-corrected chi connectivity index (χ2v) is 4.44. The number of pyridine rings is 1. The maximum Gasteiger partial charge on any atom is 0.0849 e. The van der Waals surface area contributed by atoms with Gasteiger partial charge in [-0.1, -0.05) is 18.5 Å². The average molecular weight is 211 g/mol. The molecule has 0 bridgehead atoms. The lowest BCUT2D eigenvalue weighted by Gasteiger charge is -2.35. The molecule has 2 atom stereocenters. The van der Waals surface area contributed by atoms with Crippen molar-refractivity contribution in [2.75, 3.05) is 5.32 Å². The topological polar surface area (TPSA) is 24.9 Å². The van der Waals surface area contributed by atoms with Crippen molar-refractivity contribution in [1.29, 1.82) is 0 Å². The number of nitrogens with one attached hydrogen (secondary N) is 1. The minimum atomic E-state index is 0.592. The molecule has 1 N–H and O–H groups in total. The Morgan fingerprint density at radius 2 is 2.29 bits per heavy atom. The van der Waals surface area contributed by atoms with Crippen LogP contribution in [-0.2, 0) is 0 Å². The van der Waals surface area contributed by atoms with Crippen molar-refractivity contribution in [3.63, 3.8) is 0 Å². The molecular weight excluding hydrogens is 196 g/mol. The van der Waals surface area contributed by atoms with Crippen molar-refractivity contribution >= 4 is 17.3 Å². The summed E-state index contributed by atoms with van der Waals surface area (Å²) in [6.07, 6.45) is 4.37. The second-order valence-electron chi connectivity index (χ2n) is 4.06. The predicted molar refractivity (Wildman–Crippen MR) is 59.8 cm³/mol. The molecule has 1 saturated carbocycles. The van der Waals surface area contributed by atoms with Crippen LogP contribution in [0.25, 0.3) is 0 Å². The highest BCUT2D eigenvalue weighted by Crippen LogP contribution is 2.32. The Morgan fingerprint density at radius 1 is 1.50 bits per heavy atom. The molecule has 1 aliphatic rings. The highest BCUT2D eigenvalue weighted by molar-refractivity contribution is 6.33. The third-order valence-electron chi connectivity index (χ3n) is 3.02. The first-order chi connectivity index (χ1) is 6.68. The largest absolute Gasteiger partial charge is 0.381 e. The van der Waals surface area contributed by atoms with E-state index in [4.69, 9.17) is 11.6 Å². The lowest BCUT2D eigenvalue weighted by Crippen LogP contribution is -2.36. The van der Waals surface area contributed by atoms with Gasteiger partial charge in [-0.05, 0) is 31.7 Å². The molecule has 0 amide bonds. The van der Waals surface area contributed by atoms with Crippen LogP contribution in [0.3, 0.4) is 0 Å². The number of nitrogens with zero attached hydrogens (tertiary/aromatic N) is 1. The number of halogens is 1. The first kappa shape index (κ1) is 9.78. The Hall–Kier alpha value is -0.760. The van der Waals surface area contributed by atoms with Crippen LogP contribution in [0.5, 0.6) is 0 Å². The van der Waals surface area contributed by atoms with Gasteiger partial charge in [0.05, 0.1) is 16.4 Å². The van der Waals surface area contributed by atoms with E-state index < -0.39 is 0 Å². The van der Waals surface area contributed by atoms with E-state index in [2.05, 4.69) is 17.2 Å². The summed E-state index contributed by atoms with van der Waals surface area (Å²) in [7, 11) is 0. The minimum absolute atomic E-state index is 0.592. The molecular formula is C11H15ClN2. The standard InChI is InChI=1S/C11H15ClN2/c1-7-3-4-9(7)14-10-5-6-13-8(2)11(10)12/h5-7,9H,3-4H2,1-2H3,(H,13,14). The Kier molecular flexibility index (Phi) is 2.64. The molecule has 2 rings (SSSR count). The monoisotopic (exact) mass is 210 g/mol. The Labute approximate surface area is 89.7 Å². The van der Waals surface area contributed by atoms with Gasteiger partial charge in [0.15, 0.2) is 0 Å². The quantitative estimate of drug-likeness (QED) is 0.811. The SMILES string of the molecule is Cc1nccc(NC2CCC2C)c1Cl. The van der Waals surface area contributed by atoms with Crippen LogP contribution in [0.2, 0.25) is 5.02 Å². The lowest BCUT2D eigenvalue weighted by molar-refractivity contribution is 0.303. The third kappa shape index (κ3) is 1.71. The summed E-state index contributed by atoms with van der Waals surface area (Å²) in [5, 5.41) is 4.22. The van der Waals surface area contributed by atoms with E-state index in [1.165, 1.54) is 12.8 Å². The number of hydrogen-bond donors (Lipinski definition) is 1. The fourth-order valence-corrected chi connectivity index (χ4v) is 1.91. The van der Waals surface area contributed by atoms with Gasteiger partial charge in [0, 0.05) is 12.2 Å². The Balaban J connectivity index is 2.12. The molecule has 0 aliphatic heterocycles. The highest BCUT2D eigenvalue weighted by Gasteiger charge is 2.26. The molecule has 14 heavy (non-hydrogen) atoms. The molecule has 0 spiro atoms. The van der Waals surface area contributed by atoms with E-state index >= 15 is 0 Å². The van der Waals surface area contributed by atoms with Gasteiger partial charge in [-0.15, -0.1) is 0 Å². The van der Waals surface area contributed by atoms with E-state index in [9.17, 15) is 0 Å². The molecule has 0 aromatic carbocycles. The van der Waals surface area contributed by atoms with E-state index in [1.54, 1.807) is 6.20 Å². The number of rotatable bonds is 2. The highest BCUT2D eigenvalue weighted by atomic mass is 35.5. The summed E-state index contributed by atoms with van der Waals surface area (Å²) in [5.74, 6) is 0.763. The van der Waals surface area contributed by atoms with Gasteiger partial charge in [0.1, 0.15) is 0 Å². The minimum Gasteiger partial charge on any atom is -0.381 e. The van der Waals surface area contributed by atoms with Crippen molar-refractivity contribution in [2.24, 2.45) is 5.92 Å². The molecule has 76 valence electrons. The molecule has 2 unspecified atom stereocenters. The van der Waals surface area contributed by atoms with Crippen molar-refractivity contribution < 1.29 is 0 Å². The summed E-state index contributed by atoms with van der Waals surface area (Å²) in [6.45, 7) is 4.20. The molecule has 3 heteroatoms. The summed E-state index contributed by atoms with van der Waals surface area (Å²) >= 11 is 6.14. The van der Waals surface area contributed by atoms with Crippen LogP contribution < -0.4 is 5.32 Å². The van der Waals surface area contributed by atoms with Crippen LogP contribution in [0.1, 0.15) is 25.5 Å². The maximum absolute atomic E-state index is 6.14. The maximum atomic E-state index is 6.14. The van der Waals surface area contributed by atoms with Crippen molar-refractivity contribution in [2.45, 2.75) is 32.7 Å². The van der Waals surface area contributed by atoms with Crippen LogP contribution in [0, 0.1) is 12.8 Å². The fraction of sp³-hybridized carbons (Fsp3) is 0.545. The van der Waals surface area contributed by atoms with E-state index in [0.717, 1.165) is 22.3 Å². The lowest BCUT2D eigenvalue weighted by atomic mass is 9.81. The van der Waals surface area contributed by atoms with E-state index in [0.29, 0.717) is 6.04 Å². The van der Waals surface area contributed by atoms with Crippen LogP contribution >= 0.6 is 11.6 Å². The molecule has 1 heterocycles. The van der Waals surface area contributed by atoms with Crippen molar-refractivity contribution in [3.05, 3.63) is 23.0 Å². The molecule has 1 aliphatic carbocycles. The third-order valence-corrected chi connectivity index (χ3v) is 3.50. The van der Waals surface area contributed by atoms with Crippen LogP contribution in [0.4, 0.5) is 5.69 Å². The molecule has 1 aromatic heterocycles. The van der Waals surface area contributed by atoms with E-state index in [-0.39, 0.29) is 0 Å². The first-order valence-corrected chi connectivity index (χ1v) is 5.44. The number of aryl methyl sites for hydroxylation is 1. The number of aromatic nitrogens is 1. The molecule has 0 saturated heterocycles. The van der Waals surface area contributed by atoms with Gasteiger partial charge in [-0.25, -0.2) is 0 Å². The van der Waals surface area contributed by atoms with Crippen LogP contribution in [0.15, 0.2) is 12.3 Å².